The molecule has 3 rings (SSSR count). The molecule has 2 aromatic rings. The number of rotatable bonds is 8. The summed E-state index contributed by atoms with van der Waals surface area (Å²) in [7, 11) is 0. The van der Waals surface area contributed by atoms with Crippen molar-refractivity contribution in [2.75, 3.05) is 26.2 Å². The van der Waals surface area contributed by atoms with Gasteiger partial charge in [0.15, 0.2) is 5.69 Å². The molecule has 0 unspecified atom stereocenters. The van der Waals surface area contributed by atoms with Gasteiger partial charge in [-0.1, -0.05) is 39.0 Å². The van der Waals surface area contributed by atoms with Crippen molar-refractivity contribution >= 4 is 12.0 Å². The highest BCUT2D eigenvalue weighted by atomic mass is 19.4. The van der Waals surface area contributed by atoms with Crippen molar-refractivity contribution in [3.63, 3.8) is 0 Å². The minimum absolute atomic E-state index is 0.191. The summed E-state index contributed by atoms with van der Waals surface area (Å²) in [5.41, 5.74) is 0.0415. The summed E-state index contributed by atoms with van der Waals surface area (Å²) >= 11 is 0. The number of alkyl halides is 3. The molecule has 0 saturated carbocycles. The highest BCUT2D eigenvalue weighted by Crippen LogP contribution is 2.27. The minimum atomic E-state index is -4.43. The second-order valence-electron chi connectivity index (χ2n) is 8.34. The number of hydrogen-bond donors (Lipinski definition) is 1. The number of aromatic carboxylic acids is 1. The number of carbonyl (C=O) groups excluding carboxylic acids is 1. The number of halogens is 3. The summed E-state index contributed by atoms with van der Waals surface area (Å²) in [5, 5.41) is 12.8. The third kappa shape index (κ3) is 9.43. The molecule has 11 heteroatoms. The maximum absolute atomic E-state index is 13.1. The largest absolute Gasteiger partial charge is 0.476 e. The van der Waals surface area contributed by atoms with Crippen LogP contribution >= 0.6 is 0 Å². The van der Waals surface area contributed by atoms with Gasteiger partial charge >= 0.3 is 18.2 Å². The molecule has 2 heterocycles. The first-order valence-corrected chi connectivity index (χ1v) is 12.8. The Morgan fingerprint density at radius 2 is 1.79 bits per heavy atom. The lowest BCUT2D eigenvalue weighted by Gasteiger charge is -2.34. The number of piperazine rings is 1. The molecule has 39 heavy (non-hydrogen) atoms. The zero-order valence-electron chi connectivity index (χ0n) is 22.6. The molecule has 1 aromatic carbocycles. The number of ether oxygens (including phenoxy) is 1. The summed E-state index contributed by atoms with van der Waals surface area (Å²) in [6.45, 7) is 10.1. The topological polar surface area (TPSA) is 87.9 Å². The summed E-state index contributed by atoms with van der Waals surface area (Å²) in [6, 6.07) is 8.21. The van der Waals surface area contributed by atoms with Crippen molar-refractivity contribution in [1.29, 1.82) is 0 Å². The second-order valence-corrected chi connectivity index (χ2v) is 8.34. The van der Waals surface area contributed by atoms with Crippen LogP contribution in [0, 0.1) is 0 Å². The maximum atomic E-state index is 13.1. The van der Waals surface area contributed by atoms with Crippen molar-refractivity contribution in [1.82, 2.24) is 19.6 Å². The Kier molecular flexibility index (Phi) is 12.0. The van der Waals surface area contributed by atoms with E-state index in [1.807, 2.05) is 32.0 Å². The van der Waals surface area contributed by atoms with Crippen molar-refractivity contribution < 1.29 is 32.6 Å². The van der Waals surface area contributed by atoms with E-state index in [9.17, 15) is 22.8 Å². The van der Waals surface area contributed by atoms with Crippen molar-refractivity contribution in [3.8, 4) is 5.75 Å². The van der Waals surface area contributed by atoms with E-state index >= 15 is 0 Å². The Morgan fingerprint density at radius 1 is 1.10 bits per heavy atom. The normalized spacial score (nSPS) is 15.2. The third-order valence-electron chi connectivity index (χ3n) is 5.65. The Morgan fingerprint density at radius 3 is 2.36 bits per heavy atom. The standard InChI is InChI=1S/C26H29F3N4O4.C2H6/c1-3-6-20(26(27,28)29)9-10-21(4-2)37-22-8-5-7-19(17-22)18-31-13-15-32(16-14-31)25(36)33-12-11-23(30-33)24(34)35;1-2/h4-12,17H,3,13-16,18H2,1-2H3,(H,34,35);1-2H3/b10-9-,20-6-,21-4+;. The van der Waals surface area contributed by atoms with Gasteiger partial charge in [-0.3, -0.25) is 4.90 Å². The molecule has 1 saturated heterocycles. The average Bonchev–Trinajstić information content (AvgIpc) is 3.42. The number of hydrogen-bond acceptors (Lipinski definition) is 5. The number of carboxylic acid groups (broad SMARTS) is 1. The fourth-order valence-electron chi connectivity index (χ4n) is 3.75. The van der Waals surface area contributed by atoms with E-state index in [1.165, 1.54) is 18.3 Å². The van der Waals surface area contributed by atoms with Gasteiger partial charge in [0.25, 0.3) is 0 Å². The Labute approximate surface area is 226 Å². The SMILES string of the molecule is CC.C\C=C(/C=C\C(=C\CC)C(F)(F)F)Oc1cccc(CN2CCN(C(=O)n3ccc(C(=O)O)n3)CC2)c1. The van der Waals surface area contributed by atoms with Crippen LogP contribution in [0.2, 0.25) is 0 Å². The van der Waals surface area contributed by atoms with Gasteiger partial charge in [-0.15, -0.1) is 0 Å². The smallest absolute Gasteiger partial charge is 0.416 e. The number of amides is 1. The number of nitrogens with zero attached hydrogens (tertiary/aromatic N) is 4. The van der Waals surface area contributed by atoms with Crippen molar-refractivity contribution in [3.05, 3.63) is 83.4 Å². The van der Waals surface area contributed by atoms with Crippen LogP contribution in [0.5, 0.6) is 5.75 Å². The highest BCUT2D eigenvalue weighted by Gasteiger charge is 2.31. The molecule has 8 nitrogen and oxygen atoms in total. The van der Waals surface area contributed by atoms with Crippen LogP contribution in [0.4, 0.5) is 18.0 Å². The number of aromatic nitrogens is 2. The fourth-order valence-corrected chi connectivity index (χ4v) is 3.75. The van der Waals surface area contributed by atoms with Crippen LogP contribution in [0.25, 0.3) is 0 Å². The van der Waals surface area contributed by atoms with Gasteiger partial charge in [-0.25, -0.2) is 9.59 Å². The molecule has 0 radical (unpaired) electrons. The lowest BCUT2D eigenvalue weighted by atomic mass is 10.1. The molecule has 1 aromatic heterocycles. The van der Waals surface area contributed by atoms with E-state index in [2.05, 4.69) is 10.00 Å². The van der Waals surface area contributed by atoms with E-state index in [4.69, 9.17) is 9.84 Å². The van der Waals surface area contributed by atoms with Crippen LogP contribution in [-0.2, 0) is 6.54 Å². The van der Waals surface area contributed by atoms with E-state index in [1.54, 1.807) is 30.9 Å². The lowest BCUT2D eigenvalue weighted by Crippen LogP contribution is -2.49. The molecule has 0 spiro atoms. The first-order chi connectivity index (χ1) is 18.6. The van der Waals surface area contributed by atoms with Crippen LogP contribution in [0.15, 0.2) is 72.2 Å². The maximum Gasteiger partial charge on any atom is 0.416 e. The van der Waals surface area contributed by atoms with E-state index in [0.717, 1.165) is 22.4 Å². The summed E-state index contributed by atoms with van der Waals surface area (Å²) in [5.74, 6) is -0.398. The second kappa shape index (κ2) is 14.9. The molecule has 1 N–H and O–H groups in total. The van der Waals surface area contributed by atoms with Crippen molar-refractivity contribution in [2.45, 2.75) is 46.8 Å². The molecule has 0 atom stereocenters. The molecular formula is C28H35F3N4O4. The summed E-state index contributed by atoms with van der Waals surface area (Å²) in [6.07, 6.45) is 2.21. The number of allylic oxidation sites excluding steroid dienone is 5. The van der Waals surface area contributed by atoms with E-state index in [0.29, 0.717) is 44.2 Å². The monoisotopic (exact) mass is 548 g/mol. The van der Waals surface area contributed by atoms with Crippen LogP contribution < -0.4 is 4.74 Å². The lowest BCUT2D eigenvalue weighted by molar-refractivity contribution is -0.0884. The predicted molar refractivity (Wildman–Crippen MR) is 143 cm³/mol. The number of benzene rings is 1. The molecule has 1 aliphatic heterocycles. The molecule has 1 aliphatic rings. The van der Waals surface area contributed by atoms with Crippen LogP contribution in [0.1, 0.15) is 50.2 Å². The Hall–Kier alpha value is -3.86. The Balaban J connectivity index is 0.00000260. The Bertz CT molecular complexity index is 1190. The quantitative estimate of drug-likeness (QED) is 0.315. The summed E-state index contributed by atoms with van der Waals surface area (Å²) in [4.78, 5) is 27.3. The predicted octanol–water partition coefficient (Wildman–Crippen LogP) is 6.13. The third-order valence-corrected chi connectivity index (χ3v) is 5.65. The molecule has 212 valence electrons. The van der Waals surface area contributed by atoms with Gasteiger partial charge in [0, 0.05) is 38.9 Å². The van der Waals surface area contributed by atoms with E-state index in [-0.39, 0.29) is 18.1 Å². The first kappa shape index (κ1) is 31.4. The molecule has 1 amide bonds. The van der Waals surface area contributed by atoms with Gasteiger partial charge in [0.2, 0.25) is 0 Å². The van der Waals surface area contributed by atoms with Crippen molar-refractivity contribution in [2.24, 2.45) is 0 Å². The summed E-state index contributed by atoms with van der Waals surface area (Å²) < 4.78 is 46.2. The van der Waals surface area contributed by atoms with Gasteiger partial charge in [-0.05, 0) is 55.3 Å². The first-order valence-electron chi connectivity index (χ1n) is 12.8. The fraction of sp³-hybridized carbons (Fsp3) is 0.393. The zero-order chi connectivity index (χ0) is 29.0. The molecular weight excluding hydrogens is 513 g/mol. The zero-order valence-corrected chi connectivity index (χ0v) is 22.6. The molecule has 0 aliphatic carbocycles. The van der Waals surface area contributed by atoms with Gasteiger partial charge < -0.3 is 14.7 Å². The average molecular weight is 549 g/mol. The van der Waals surface area contributed by atoms with Gasteiger partial charge in [0.1, 0.15) is 11.5 Å². The van der Waals surface area contributed by atoms with Crippen LogP contribution in [0.3, 0.4) is 0 Å². The molecule has 1 fully saturated rings. The van der Waals surface area contributed by atoms with Gasteiger partial charge in [-0.2, -0.15) is 23.0 Å². The molecule has 0 bridgehead atoms. The number of carboxylic acids is 1. The number of carbonyl (C=O) groups is 2. The highest BCUT2D eigenvalue weighted by molar-refractivity contribution is 5.86. The minimum Gasteiger partial charge on any atom is -0.476 e. The van der Waals surface area contributed by atoms with Gasteiger partial charge in [0.05, 0.1) is 5.57 Å². The van der Waals surface area contributed by atoms with Crippen LogP contribution in [-0.4, -0.2) is 69.0 Å². The van der Waals surface area contributed by atoms with E-state index < -0.39 is 17.7 Å².